The highest BCUT2D eigenvalue weighted by Gasteiger charge is 2.25. The second-order valence-corrected chi connectivity index (χ2v) is 8.53. The Hall–Kier alpha value is -2.51. The van der Waals surface area contributed by atoms with Crippen molar-refractivity contribution in [3.05, 3.63) is 64.7 Å². The molecule has 3 unspecified atom stereocenters. The largest absolute Gasteiger partial charge is 0.390 e. The van der Waals surface area contributed by atoms with E-state index in [0.29, 0.717) is 11.5 Å². The minimum Gasteiger partial charge on any atom is -0.390 e. The van der Waals surface area contributed by atoms with Crippen LogP contribution >= 0.6 is 0 Å². The zero-order valence-corrected chi connectivity index (χ0v) is 18.2. The Morgan fingerprint density at radius 1 is 1.19 bits per heavy atom. The summed E-state index contributed by atoms with van der Waals surface area (Å²) in [6, 6.07) is 9.03. The number of halogens is 2. The molecule has 0 saturated heterocycles. The number of carbonyl (C=O) groups is 1. The lowest BCUT2D eigenvalue weighted by atomic mass is 9.92. The third-order valence-electron chi connectivity index (χ3n) is 5.67. The van der Waals surface area contributed by atoms with E-state index in [2.05, 4.69) is 48.0 Å². The first-order valence-corrected chi connectivity index (χ1v) is 10.7. The second kappa shape index (κ2) is 10.2. The summed E-state index contributed by atoms with van der Waals surface area (Å²) in [5.41, 5.74) is 3.87. The third-order valence-corrected chi connectivity index (χ3v) is 5.67. The minimum absolute atomic E-state index is 0.0641. The highest BCUT2D eigenvalue weighted by molar-refractivity contribution is 5.73. The normalized spacial score (nSPS) is 17.6. The Morgan fingerprint density at radius 3 is 2.55 bits per heavy atom. The summed E-state index contributed by atoms with van der Waals surface area (Å²) in [4.78, 5) is 11.7. The predicted octanol–water partition coefficient (Wildman–Crippen LogP) is 3.64. The molecule has 1 heterocycles. The Labute approximate surface area is 182 Å². The molecule has 168 valence electrons. The average Bonchev–Trinajstić information content (AvgIpc) is 2.70. The van der Waals surface area contributed by atoms with Gasteiger partial charge in [-0.2, -0.15) is 0 Å². The van der Waals surface area contributed by atoms with Crippen LogP contribution in [0.15, 0.2) is 36.4 Å². The summed E-state index contributed by atoms with van der Waals surface area (Å²) in [5, 5.41) is 20.3. The summed E-state index contributed by atoms with van der Waals surface area (Å²) < 4.78 is 27.1. The summed E-state index contributed by atoms with van der Waals surface area (Å²) in [7, 11) is 0. The molecule has 7 heteroatoms. The maximum absolute atomic E-state index is 13.6. The van der Waals surface area contributed by atoms with E-state index in [-0.39, 0.29) is 24.9 Å². The van der Waals surface area contributed by atoms with Crippen LogP contribution in [0.25, 0.3) is 0 Å². The van der Waals surface area contributed by atoms with E-state index in [1.165, 1.54) is 24.6 Å². The van der Waals surface area contributed by atoms with Gasteiger partial charge in [0, 0.05) is 37.8 Å². The molecule has 2 aromatic carbocycles. The molecule has 0 radical (unpaired) electrons. The number of amides is 1. The number of anilines is 1. The first-order valence-electron chi connectivity index (χ1n) is 10.7. The second-order valence-electron chi connectivity index (χ2n) is 8.53. The van der Waals surface area contributed by atoms with Crippen molar-refractivity contribution in [2.45, 2.75) is 57.7 Å². The van der Waals surface area contributed by atoms with Gasteiger partial charge in [-0.05, 0) is 53.6 Å². The van der Waals surface area contributed by atoms with Crippen molar-refractivity contribution in [1.82, 2.24) is 10.6 Å². The minimum atomic E-state index is -0.929. The molecule has 1 amide bonds. The molecule has 0 aromatic heterocycles. The maximum Gasteiger partial charge on any atom is 0.217 e. The molecule has 4 N–H and O–H groups in total. The number of aliphatic hydroxyl groups excluding tert-OH is 1. The zero-order chi connectivity index (χ0) is 22.5. The van der Waals surface area contributed by atoms with Crippen LogP contribution in [0.1, 0.15) is 55.8 Å². The lowest BCUT2D eigenvalue weighted by Crippen LogP contribution is -2.48. The molecule has 1 aliphatic rings. The fourth-order valence-electron chi connectivity index (χ4n) is 4.04. The van der Waals surface area contributed by atoms with Gasteiger partial charge in [0.05, 0.1) is 12.1 Å². The van der Waals surface area contributed by atoms with Gasteiger partial charge in [0.1, 0.15) is 11.6 Å². The fourth-order valence-corrected chi connectivity index (χ4v) is 4.04. The monoisotopic (exact) mass is 431 g/mol. The molecule has 31 heavy (non-hydrogen) atoms. The molecule has 5 nitrogen and oxygen atoms in total. The number of fused-ring (bicyclic) bond motifs is 1. The van der Waals surface area contributed by atoms with Gasteiger partial charge in [-0.15, -0.1) is 0 Å². The Bertz CT molecular complexity index is 899. The Morgan fingerprint density at radius 2 is 1.90 bits per heavy atom. The van der Waals surface area contributed by atoms with Crippen molar-refractivity contribution in [3.8, 4) is 0 Å². The van der Waals surface area contributed by atoms with Crippen molar-refractivity contribution in [1.29, 1.82) is 0 Å². The molecule has 0 spiro atoms. The molecule has 2 aromatic rings. The van der Waals surface area contributed by atoms with Gasteiger partial charge in [-0.25, -0.2) is 8.78 Å². The standard InChI is InChI=1S/C24H31F2N3O2/c1-14(2)17-4-5-21-20(11-17)22(6-7-27-21)28-13-24(31)23(29-15(3)30)10-16-8-18(25)12-19(26)9-16/h4-5,8-9,11-12,14,22-24,27-28,31H,6-7,10,13H2,1-3H3,(H,29,30). The van der Waals surface area contributed by atoms with Crippen LogP contribution in [0.3, 0.4) is 0 Å². The molecule has 3 atom stereocenters. The number of hydrogen-bond donors (Lipinski definition) is 4. The van der Waals surface area contributed by atoms with E-state index in [4.69, 9.17) is 0 Å². The van der Waals surface area contributed by atoms with E-state index < -0.39 is 23.8 Å². The molecule has 3 rings (SSSR count). The third kappa shape index (κ3) is 6.24. The Balaban J connectivity index is 1.70. The first kappa shape index (κ1) is 23.2. The zero-order valence-electron chi connectivity index (χ0n) is 18.2. The number of benzene rings is 2. The van der Waals surface area contributed by atoms with E-state index in [0.717, 1.165) is 30.3 Å². The molecule has 0 fully saturated rings. The van der Waals surface area contributed by atoms with Crippen LogP contribution < -0.4 is 16.0 Å². The number of carbonyl (C=O) groups excluding carboxylic acids is 1. The predicted molar refractivity (Wildman–Crippen MR) is 118 cm³/mol. The van der Waals surface area contributed by atoms with Gasteiger partial charge in [-0.1, -0.05) is 26.0 Å². The number of nitrogens with one attached hydrogen (secondary N) is 3. The number of hydrogen-bond acceptors (Lipinski definition) is 4. The van der Waals surface area contributed by atoms with E-state index in [1.807, 2.05) is 0 Å². The smallest absolute Gasteiger partial charge is 0.217 e. The van der Waals surface area contributed by atoms with Crippen LogP contribution in [0.4, 0.5) is 14.5 Å². The quantitative estimate of drug-likeness (QED) is 0.515. The number of rotatable bonds is 8. The maximum atomic E-state index is 13.6. The topological polar surface area (TPSA) is 73.4 Å². The first-order chi connectivity index (χ1) is 14.7. The van der Waals surface area contributed by atoms with Crippen molar-refractivity contribution in [3.63, 3.8) is 0 Å². The van der Waals surface area contributed by atoms with Crippen LogP contribution in [0, 0.1) is 11.6 Å². The molecular weight excluding hydrogens is 400 g/mol. The van der Waals surface area contributed by atoms with E-state index in [1.54, 1.807) is 0 Å². The fraction of sp³-hybridized carbons (Fsp3) is 0.458. The van der Waals surface area contributed by atoms with Gasteiger partial charge >= 0.3 is 0 Å². The summed E-state index contributed by atoms with van der Waals surface area (Å²) in [5.74, 6) is -1.27. The van der Waals surface area contributed by atoms with Crippen molar-refractivity contribution >= 4 is 11.6 Å². The van der Waals surface area contributed by atoms with Gasteiger partial charge in [0.2, 0.25) is 5.91 Å². The lowest BCUT2D eigenvalue weighted by Gasteiger charge is -2.31. The highest BCUT2D eigenvalue weighted by Crippen LogP contribution is 2.32. The lowest BCUT2D eigenvalue weighted by molar-refractivity contribution is -0.120. The van der Waals surface area contributed by atoms with E-state index in [9.17, 15) is 18.7 Å². The van der Waals surface area contributed by atoms with Crippen LogP contribution in [-0.4, -0.2) is 36.2 Å². The van der Waals surface area contributed by atoms with Crippen molar-refractivity contribution in [2.75, 3.05) is 18.4 Å². The van der Waals surface area contributed by atoms with Crippen LogP contribution in [0.5, 0.6) is 0 Å². The Kier molecular flexibility index (Phi) is 7.62. The SMILES string of the molecule is CC(=O)NC(Cc1cc(F)cc(F)c1)C(O)CNC1CCNc2ccc(C(C)C)cc21. The molecule has 0 saturated carbocycles. The van der Waals surface area contributed by atoms with Gasteiger partial charge in [0.15, 0.2) is 0 Å². The summed E-state index contributed by atoms with van der Waals surface area (Å²) in [6.45, 7) is 6.71. The number of aliphatic hydroxyl groups is 1. The van der Waals surface area contributed by atoms with Gasteiger partial charge in [-0.3, -0.25) is 4.79 Å². The highest BCUT2D eigenvalue weighted by atomic mass is 19.1. The van der Waals surface area contributed by atoms with Gasteiger partial charge in [0.25, 0.3) is 0 Å². The van der Waals surface area contributed by atoms with E-state index >= 15 is 0 Å². The van der Waals surface area contributed by atoms with Crippen LogP contribution in [0.2, 0.25) is 0 Å². The molecule has 1 aliphatic heterocycles. The molecular formula is C24H31F2N3O2. The molecule has 0 aliphatic carbocycles. The molecule has 0 bridgehead atoms. The van der Waals surface area contributed by atoms with Crippen LogP contribution in [-0.2, 0) is 11.2 Å². The van der Waals surface area contributed by atoms with Crippen molar-refractivity contribution in [2.24, 2.45) is 0 Å². The summed E-state index contributed by atoms with van der Waals surface area (Å²) in [6.07, 6.45) is 0.0559. The van der Waals surface area contributed by atoms with Gasteiger partial charge < -0.3 is 21.1 Å². The average molecular weight is 432 g/mol. The van der Waals surface area contributed by atoms with Crippen molar-refractivity contribution < 1.29 is 18.7 Å². The summed E-state index contributed by atoms with van der Waals surface area (Å²) >= 11 is 0.